The van der Waals surface area contributed by atoms with Crippen LogP contribution >= 0.6 is 11.3 Å². The van der Waals surface area contributed by atoms with Crippen LogP contribution in [-0.4, -0.2) is 30.5 Å². The smallest absolute Gasteiger partial charge is 0.227 e. The van der Waals surface area contributed by atoms with Gasteiger partial charge in [0.25, 0.3) is 0 Å². The van der Waals surface area contributed by atoms with E-state index >= 15 is 0 Å². The zero-order chi connectivity index (χ0) is 16.1. The lowest BCUT2D eigenvalue weighted by molar-refractivity contribution is -0.132. The van der Waals surface area contributed by atoms with Crippen molar-refractivity contribution < 1.29 is 9.53 Å². The maximum absolute atomic E-state index is 12.4. The molecule has 0 bridgehead atoms. The summed E-state index contributed by atoms with van der Waals surface area (Å²) in [4.78, 5) is 15.6. The molecule has 2 aromatic rings. The van der Waals surface area contributed by atoms with Gasteiger partial charge in [0.05, 0.1) is 13.0 Å². The molecule has 1 amide bonds. The molecule has 0 spiro atoms. The number of thiophene rings is 1. The van der Waals surface area contributed by atoms with Gasteiger partial charge in [0, 0.05) is 23.9 Å². The van der Waals surface area contributed by atoms with Crippen LogP contribution in [-0.2, 0) is 11.2 Å². The fourth-order valence-electron chi connectivity index (χ4n) is 3.03. The SMILES string of the molecule is Cc1ccccc1OCC1CCCN(C(=O)Cc2cccs2)C1. The van der Waals surface area contributed by atoms with Crippen LogP contribution in [0.3, 0.4) is 0 Å². The molecule has 0 N–H and O–H groups in total. The minimum atomic E-state index is 0.244. The molecular weight excluding hydrogens is 306 g/mol. The summed E-state index contributed by atoms with van der Waals surface area (Å²) in [6.07, 6.45) is 2.73. The van der Waals surface area contributed by atoms with Crippen molar-refractivity contribution in [2.45, 2.75) is 26.2 Å². The van der Waals surface area contributed by atoms with Gasteiger partial charge in [-0.3, -0.25) is 4.79 Å². The lowest BCUT2D eigenvalue weighted by Gasteiger charge is -2.32. The van der Waals surface area contributed by atoms with Crippen molar-refractivity contribution in [3.63, 3.8) is 0 Å². The molecule has 1 saturated heterocycles. The lowest BCUT2D eigenvalue weighted by Crippen LogP contribution is -2.42. The number of para-hydroxylation sites is 1. The van der Waals surface area contributed by atoms with E-state index in [4.69, 9.17) is 4.74 Å². The number of hydrogen-bond acceptors (Lipinski definition) is 3. The van der Waals surface area contributed by atoms with E-state index in [0.29, 0.717) is 18.9 Å². The molecule has 1 atom stereocenters. The Morgan fingerprint density at radius 1 is 1.30 bits per heavy atom. The van der Waals surface area contributed by atoms with E-state index in [1.807, 2.05) is 40.6 Å². The van der Waals surface area contributed by atoms with Gasteiger partial charge in [-0.1, -0.05) is 24.3 Å². The Kier molecular flexibility index (Phi) is 5.34. The number of nitrogens with zero attached hydrogens (tertiary/aromatic N) is 1. The summed E-state index contributed by atoms with van der Waals surface area (Å²) in [5.41, 5.74) is 1.16. The number of hydrogen-bond donors (Lipinski definition) is 0. The van der Waals surface area contributed by atoms with Crippen molar-refractivity contribution in [3.8, 4) is 5.75 Å². The van der Waals surface area contributed by atoms with Crippen LogP contribution < -0.4 is 4.74 Å². The van der Waals surface area contributed by atoms with Crippen LogP contribution in [0.1, 0.15) is 23.3 Å². The highest BCUT2D eigenvalue weighted by Gasteiger charge is 2.24. The maximum Gasteiger partial charge on any atom is 0.227 e. The van der Waals surface area contributed by atoms with Crippen molar-refractivity contribution >= 4 is 17.2 Å². The summed E-state index contributed by atoms with van der Waals surface area (Å²) in [5.74, 6) is 1.62. The Hall–Kier alpha value is -1.81. The van der Waals surface area contributed by atoms with E-state index in [2.05, 4.69) is 13.0 Å². The molecule has 4 heteroatoms. The molecule has 1 aromatic heterocycles. The summed E-state index contributed by atoms with van der Waals surface area (Å²) in [6, 6.07) is 12.1. The normalized spacial score (nSPS) is 18.0. The topological polar surface area (TPSA) is 29.5 Å². The molecule has 1 aromatic carbocycles. The Bertz CT molecular complexity index is 639. The highest BCUT2D eigenvalue weighted by atomic mass is 32.1. The first-order chi connectivity index (χ1) is 11.2. The van der Waals surface area contributed by atoms with Crippen LogP contribution in [0.15, 0.2) is 41.8 Å². The first-order valence-electron chi connectivity index (χ1n) is 8.21. The zero-order valence-electron chi connectivity index (χ0n) is 13.5. The maximum atomic E-state index is 12.4. The van der Waals surface area contributed by atoms with E-state index < -0.39 is 0 Å². The number of rotatable bonds is 5. The second kappa shape index (κ2) is 7.64. The third-order valence-electron chi connectivity index (χ3n) is 4.35. The Morgan fingerprint density at radius 2 is 2.17 bits per heavy atom. The van der Waals surface area contributed by atoms with Gasteiger partial charge in [0.2, 0.25) is 5.91 Å². The van der Waals surface area contributed by atoms with E-state index in [1.54, 1.807) is 11.3 Å². The van der Waals surface area contributed by atoms with Gasteiger partial charge in [-0.25, -0.2) is 0 Å². The van der Waals surface area contributed by atoms with Gasteiger partial charge in [-0.05, 0) is 42.8 Å². The first-order valence-corrected chi connectivity index (χ1v) is 9.09. The summed E-state index contributed by atoms with van der Waals surface area (Å²) < 4.78 is 5.97. The van der Waals surface area contributed by atoms with Crippen molar-refractivity contribution in [1.29, 1.82) is 0 Å². The predicted molar refractivity (Wildman–Crippen MR) is 94.0 cm³/mol. The van der Waals surface area contributed by atoms with Gasteiger partial charge in [-0.2, -0.15) is 0 Å². The van der Waals surface area contributed by atoms with Gasteiger partial charge in [0.1, 0.15) is 5.75 Å². The van der Waals surface area contributed by atoms with E-state index in [-0.39, 0.29) is 5.91 Å². The number of aryl methyl sites for hydroxylation is 1. The van der Waals surface area contributed by atoms with Crippen molar-refractivity contribution in [1.82, 2.24) is 4.90 Å². The molecule has 0 radical (unpaired) electrons. The fourth-order valence-corrected chi connectivity index (χ4v) is 3.72. The van der Waals surface area contributed by atoms with Crippen molar-refractivity contribution in [2.24, 2.45) is 5.92 Å². The second-order valence-electron chi connectivity index (χ2n) is 6.18. The number of carbonyl (C=O) groups excluding carboxylic acids is 1. The third kappa shape index (κ3) is 4.35. The highest BCUT2D eigenvalue weighted by Crippen LogP contribution is 2.22. The molecule has 1 fully saturated rings. The molecule has 0 saturated carbocycles. The Morgan fingerprint density at radius 3 is 2.96 bits per heavy atom. The third-order valence-corrected chi connectivity index (χ3v) is 5.22. The summed E-state index contributed by atoms with van der Waals surface area (Å²) >= 11 is 1.65. The zero-order valence-corrected chi connectivity index (χ0v) is 14.3. The molecule has 2 heterocycles. The van der Waals surface area contributed by atoms with Gasteiger partial charge in [-0.15, -0.1) is 11.3 Å². The van der Waals surface area contributed by atoms with Crippen LogP contribution in [0.5, 0.6) is 5.75 Å². The van der Waals surface area contributed by atoms with E-state index in [1.165, 1.54) is 0 Å². The minimum absolute atomic E-state index is 0.244. The van der Waals surface area contributed by atoms with Crippen LogP contribution in [0, 0.1) is 12.8 Å². The van der Waals surface area contributed by atoms with Crippen LogP contribution in [0.4, 0.5) is 0 Å². The van der Waals surface area contributed by atoms with Crippen molar-refractivity contribution in [3.05, 3.63) is 52.2 Å². The number of likely N-dealkylation sites (tertiary alicyclic amines) is 1. The molecule has 1 unspecified atom stereocenters. The van der Waals surface area contributed by atoms with Crippen LogP contribution in [0.25, 0.3) is 0 Å². The highest BCUT2D eigenvalue weighted by molar-refractivity contribution is 7.10. The second-order valence-corrected chi connectivity index (χ2v) is 7.21. The Labute approximate surface area is 141 Å². The van der Waals surface area contributed by atoms with Gasteiger partial charge in [0.15, 0.2) is 0 Å². The molecule has 122 valence electrons. The standard InChI is InChI=1S/C19H23NO2S/c1-15-6-2-3-9-18(15)22-14-16-7-4-10-20(13-16)19(21)12-17-8-5-11-23-17/h2-3,5-6,8-9,11,16H,4,7,10,12-14H2,1H3. The first kappa shape index (κ1) is 16.1. The summed E-state index contributed by atoms with van der Waals surface area (Å²) in [6.45, 7) is 4.45. The molecule has 3 nitrogen and oxygen atoms in total. The fraction of sp³-hybridized carbons (Fsp3) is 0.421. The number of ether oxygens (including phenoxy) is 1. The van der Waals surface area contributed by atoms with E-state index in [0.717, 1.165) is 42.1 Å². The number of amides is 1. The number of carbonyl (C=O) groups is 1. The van der Waals surface area contributed by atoms with E-state index in [9.17, 15) is 4.79 Å². The minimum Gasteiger partial charge on any atom is -0.493 e. The Balaban J connectivity index is 1.52. The molecule has 0 aliphatic carbocycles. The van der Waals surface area contributed by atoms with Crippen molar-refractivity contribution in [2.75, 3.05) is 19.7 Å². The van der Waals surface area contributed by atoms with Crippen LogP contribution in [0.2, 0.25) is 0 Å². The molecule has 1 aliphatic heterocycles. The summed E-state index contributed by atoms with van der Waals surface area (Å²) in [5, 5.41) is 2.03. The van der Waals surface area contributed by atoms with Gasteiger partial charge >= 0.3 is 0 Å². The largest absolute Gasteiger partial charge is 0.493 e. The molecular formula is C19H23NO2S. The quantitative estimate of drug-likeness (QED) is 0.832. The number of piperidine rings is 1. The number of benzene rings is 1. The molecule has 23 heavy (non-hydrogen) atoms. The summed E-state index contributed by atoms with van der Waals surface area (Å²) in [7, 11) is 0. The molecule has 1 aliphatic rings. The molecule has 3 rings (SSSR count). The monoisotopic (exact) mass is 329 g/mol. The predicted octanol–water partition coefficient (Wildman–Crippen LogP) is 3.92. The lowest BCUT2D eigenvalue weighted by atomic mass is 9.98. The average molecular weight is 329 g/mol. The van der Waals surface area contributed by atoms with Gasteiger partial charge < -0.3 is 9.64 Å². The average Bonchev–Trinajstić information content (AvgIpc) is 3.07.